The molecule has 2 rings (SSSR count). The summed E-state index contributed by atoms with van der Waals surface area (Å²) < 4.78 is 18.8. The molecule has 0 saturated heterocycles. The molecule has 1 aromatic rings. The van der Waals surface area contributed by atoms with Gasteiger partial charge in [-0.3, -0.25) is 4.57 Å². The maximum Gasteiger partial charge on any atom is 0.260 e. The topological polar surface area (TPSA) is 51.0 Å². The molecule has 2 atom stereocenters. The number of hydrogen-bond acceptors (Lipinski definition) is 4. The summed E-state index contributed by atoms with van der Waals surface area (Å²) in [4.78, 5) is 0. The highest BCUT2D eigenvalue weighted by atomic mass is 31.2. The molecule has 17 heavy (non-hydrogen) atoms. The van der Waals surface area contributed by atoms with Gasteiger partial charge in [0.15, 0.2) is 5.28 Å². The van der Waals surface area contributed by atoms with Crippen molar-refractivity contribution in [3.8, 4) is 0 Å². The van der Waals surface area contributed by atoms with Crippen molar-refractivity contribution in [3.05, 3.63) is 30.3 Å². The average molecular weight is 252 g/mol. The maximum atomic E-state index is 13.2. The molecular formula is C12H17N2O2P. The fourth-order valence-electron chi connectivity index (χ4n) is 2.02. The van der Waals surface area contributed by atoms with Crippen LogP contribution in [-0.2, 0) is 9.09 Å². The normalized spacial score (nSPS) is 26.9. The van der Waals surface area contributed by atoms with E-state index >= 15 is 0 Å². The summed E-state index contributed by atoms with van der Waals surface area (Å²) in [5.74, 6) is 0. The number of hydrogen-bond donors (Lipinski definition) is 0. The molecule has 5 heteroatoms. The summed E-state index contributed by atoms with van der Waals surface area (Å²) in [6, 6.07) is 9.33. The third kappa shape index (κ3) is 2.07. The Labute approximate surface area is 102 Å². The van der Waals surface area contributed by atoms with Crippen LogP contribution in [0, 0.1) is 0 Å². The lowest BCUT2D eigenvalue weighted by Gasteiger charge is -2.30. The van der Waals surface area contributed by atoms with Crippen LogP contribution in [0.5, 0.6) is 0 Å². The zero-order valence-corrected chi connectivity index (χ0v) is 11.1. The Morgan fingerprint density at radius 3 is 2.65 bits per heavy atom. The zero-order valence-electron chi connectivity index (χ0n) is 10.2. The van der Waals surface area contributed by atoms with E-state index in [-0.39, 0.29) is 0 Å². The van der Waals surface area contributed by atoms with Crippen LogP contribution < -0.4 is 5.30 Å². The molecule has 2 unspecified atom stereocenters. The van der Waals surface area contributed by atoms with Crippen LogP contribution in [0.1, 0.15) is 20.3 Å². The largest absolute Gasteiger partial charge is 0.324 e. The smallest absolute Gasteiger partial charge is 0.260 e. The van der Waals surface area contributed by atoms with Gasteiger partial charge in [0, 0.05) is 11.7 Å². The number of nitrogens with zero attached hydrogens (tertiary/aromatic N) is 2. The van der Waals surface area contributed by atoms with Gasteiger partial charge in [-0.25, -0.2) is 0 Å². The van der Waals surface area contributed by atoms with Crippen molar-refractivity contribution < 1.29 is 9.09 Å². The van der Waals surface area contributed by atoms with Gasteiger partial charge in [0.05, 0.1) is 13.2 Å². The quantitative estimate of drug-likeness (QED) is 0.772. The van der Waals surface area contributed by atoms with Crippen molar-refractivity contribution >= 4 is 12.7 Å². The molecule has 1 aliphatic rings. The molecule has 0 spiro atoms. The van der Waals surface area contributed by atoms with Gasteiger partial charge >= 0.3 is 0 Å². The molecule has 0 saturated carbocycles. The third-order valence-electron chi connectivity index (χ3n) is 3.01. The van der Waals surface area contributed by atoms with Crippen molar-refractivity contribution in [1.82, 2.24) is 0 Å². The Morgan fingerprint density at radius 1 is 1.41 bits per heavy atom. The van der Waals surface area contributed by atoms with E-state index in [1.54, 1.807) is 0 Å². The maximum absolute atomic E-state index is 13.2. The first-order chi connectivity index (χ1) is 8.12. The lowest BCUT2D eigenvalue weighted by Crippen LogP contribution is -2.27. The highest BCUT2D eigenvalue weighted by Crippen LogP contribution is 2.61. The summed E-state index contributed by atoms with van der Waals surface area (Å²) in [5, 5.41) is 8.18. The average Bonchev–Trinajstić information content (AvgIpc) is 2.79. The Bertz CT molecular complexity index is 461. The first-order valence-electron chi connectivity index (χ1n) is 5.81. The van der Waals surface area contributed by atoms with Crippen molar-refractivity contribution in [2.24, 2.45) is 10.2 Å². The highest BCUT2D eigenvalue weighted by molar-refractivity contribution is 7.68. The van der Waals surface area contributed by atoms with E-state index in [1.807, 2.05) is 44.2 Å². The minimum absolute atomic E-state index is 0.414. The second-order valence-electron chi connectivity index (χ2n) is 4.24. The first kappa shape index (κ1) is 12.5. The molecule has 1 heterocycles. The molecule has 0 N–H and O–H groups in total. The van der Waals surface area contributed by atoms with Crippen LogP contribution in [-0.4, -0.2) is 18.4 Å². The highest BCUT2D eigenvalue weighted by Gasteiger charge is 2.48. The summed E-state index contributed by atoms with van der Waals surface area (Å²) in [6.07, 6.45) is 0.680. The zero-order chi connectivity index (χ0) is 12.4. The number of benzene rings is 1. The van der Waals surface area contributed by atoms with Crippen LogP contribution in [0.2, 0.25) is 0 Å². The molecule has 0 radical (unpaired) electrons. The second-order valence-corrected chi connectivity index (χ2v) is 7.08. The van der Waals surface area contributed by atoms with E-state index in [4.69, 9.17) is 4.52 Å². The van der Waals surface area contributed by atoms with Crippen LogP contribution in [0.4, 0.5) is 0 Å². The van der Waals surface area contributed by atoms with Crippen LogP contribution in [0.25, 0.3) is 0 Å². The lowest BCUT2D eigenvalue weighted by atomic mass is 10.3. The predicted molar refractivity (Wildman–Crippen MR) is 68.1 cm³/mol. The SMILES string of the molecule is CCOP(=O)(c1ccccc1)C1(C)CCN=N1. The van der Waals surface area contributed by atoms with E-state index in [1.165, 1.54) is 0 Å². The molecule has 1 aliphatic heterocycles. The Kier molecular flexibility index (Phi) is 3.45. The monoisotopic (exact) mass is 252 g/mol. The molecule has 4 nitrogen and oxygen atoms in total. The van der Waals surface area contributed by atoms with Gasteiger partial charge in [0.2, 0.25) is 0 Å². The van der Waals surface area contributed by atoms with Crippen LogP contribution >= 0.6 is 7.37 Å². The first-order valence-corrected chi connectivity index (χ1v) is 7.44. The van der Waals surface area contributed by atoms with Gasteiger partial charge in [0.25, 0.3) is 7.37 Å². The number of azo groups is 1. The fraction of sp³-hybridized carbons (Fsp3) is 0.500. The molecule has 0 fully saturated rings. The number of rotatable bonds is 4. The van der Waals surface area contributed by atoms with Crippen molar-refractivity contribution in [3.63, 3.8) is 0 Å². The Balaban J connectivity index is 2.47. The molecule has 92 valence electrons. The summed E-state index contributed by atoms with van der Waals surface area (Å²) >= 11 is 0. The minimum Gasteiger partial charge on any atom is -0.324 e. The molecule has 0 bridgehead atoms. The summed E-state index contributed by atoms with van der Waals surface area (Å²) in [7, 11) is -2.99. The van der Waals surface area contributed by atoms with Crippen LogP contribution in [0.15, 0.2) is 40.6 Å². The summed E-state index contributed by atoms with van der Waals surface area (Å²) in [6.45, 7) is 4.76. The van der Waals surface area contributed by atoms with E-state index in [2.05, 4.69) is 10.2 Å². The Hall–Kier alpha value is -0.990. The third-order valence-corrected chi connectivity index (χ3v) is 6.19. The minimum atomic E-state index is -2.99. The lowest BCUT2D eigenvalue weighted by molar-refractivity contribution is 0.319. The second kappa shape index (κ2) is 4.71. The van der Waals surface area contributed by atoms with Crippen molar-refractivity contribution in [2.45, 2.75) is 25.5 Å². The molecule has 0 amide bonds. The standard InChI is InChI=1S/C12H17N2O2P/c1-3-16-17(15,11-7-5-4-6-8-11)12(2)9-10-13-14-12/h4-8H,3,9-10H2,1-2H3. The molecule has 0 aromatic heterocycles. The summed E-state index contributed by atoms with van der Waals surface area (Å²) in [5.41, 5.74) is 0. The van der Waals surface area contributed by atoms with Gasteiger partial charge in [-0.2, -0.15) is 10.2 Å². The fourth-order valence-corrected chi connectivity index (χ4v) is 4.51. The van der Waals surface area contributed by atoms with Gasteiger partial charge in [0.1, 0.15) is 0 Å². The van der Waals surface area contributed by atoms with Crippen molar-refractivity contribution in [1.29, 1.82) is 0 Å². The van der Waals surface area contributed by atoms with Gasteiger partial charge < -0.3 is 4.52 Å². The molecule has 0 aliphatic carbocycles. The Morgan fingerprint density at radius 2 is 2.12 bits per heavy atom. The molecular weight excluding hydrogens is 235 g/mol. The molecule has 1 aromatic carbocycles. The van der Waals surface area contributed by atoms with Gasteiger partial charge in [-0.1, -0.05) is 18.2 Å². The van der Waals surface area contributed by atoms with E-state index in [0.717, 1.165) is 5.30 Å². The van der Waals surface area contributed by atoms with Gasteiger partial charge in [-0.15, -0.1) is 0 Å². The van der Waals surface area contributed by atoms with E-state index in [9.17, 15) is 4.57 Å². The van der Waals surface area contributed by atoms with Gasteiger partial charge in [-0.05, 0) is 26.0 Å². The van der Waals surface area contributed by atoms with Crippen LogP contribution in [0.3, 0.4) is 0 Å². The predicted octanol–water partition coefficient (Wildman–Crippen LogP) is 3.20. The van der Waals surface area contributed by atoms with E-state index < -0.39 is 12.6 Å². The van der Waals surface area contributed by atoms with E-state index in [0.29, 0.717) is 19.6 Å². The van der Waals surface area contributed by atoms with Crippen molar-refractivity contribution in [2.75, 3.05) is 13.2 Å².